The minimum Gasteiger partial charge on any atom is -0.391 e. The van der Waals surface area contributed by atoms with Gasteiger partial charge >= 0.3 is 0 Å². The van der Waals surface area contributed by atoms with E-state index < -0.39 is 29.7 Å². The highest BCUT2D eigenvalue weighted by atomic mass is 19.1. The van der Waals surface area contributed by atoms with Crippen molar-refractivity contribution in [1.29, 1.82) is 0 Å². The van der Waals surface area contributed by atoms with E-state index in [1.807, 2.05) is 13.8 Å². The summed E-state index contributed by atoms with van der Waals surface area (Å²) in [6, 6.07) is 7.10. The molecule has 2 aromatic rings. The Bertz CT molecular complexity index is 1160. The van der Waals surface area contributed by atoms with Crippen molar-refractivity contribution >= 4 is 17.7 Å². The Hall–Kier alpha value is -3.33. The van der Waals surface area contributed by atoms with Gasteiger partial charge in [0.2, 0.25) is 5.91 Å². The first-order valence-corrected chi connectivity index (χ1v) is 14.2. The van der Waals surface area contributed by atoms with Crippen LogP contribution in [0.2, 0.25) is 0 Å². The number of nitrogens with one attached hydrogen (secondary N) is 2. The van der Waals surface area contributed by atoms with Gasteiger partial charge in [0.1, 0.15) is 11.6 Å². The minimum atomic E-state index is -1.10. The quantitative estimate of drug-likeness (QED) is 0.299. The Labute approximate surface area is 235 Å². The third-order valence-electron chi connectivity index (χ3n) is 6.95. The van der Waals surface area contributed by atoms with E-state index in [0.29, 0.717) is 31.0 Å². The average molecular weight is 558 g/mol. The summed E-state index contributed by atoms with van der Waals surface area (Å²) in [5, 5.41) is 16.6. The Morgan fingerprint density at radius 2 is 1.60 bits per heavy atom. The van der Waals surface area contributed by atoms with Gasteiger partial charge in [-0.25, -0.2) is 8.78 Å². The molecule has 2 atom stereocenters. The molecule has 1 aliphatic rings. The van der Waals surface area contributed by atoms with E-state index in [2.05, 4.69) is 10.6 Å². The zero-order valence-electron chi connectivity index (χ0n) is 23.6. The van der Waals surface area contributed by atoms with Crippen LogP contribution in [0.25, 0.3) is 0 Å². The van der Waals surface area contributed by atoms with Gasteiger partial charge in [0.15, 0.2) is 0 Å². The first-order chi connectivity index (χ1) is 19.1. The second-order valence-electron chi connectivity index (χ2n) is 10.8. The number of benzene rings is 2. The van der Waals surface area contributed by atoms with E-state index in [4.69, 9.17) is 0 Å². The van der Waals surface area contributed by atoms with Gasteiger partial charge in [0, 0.05) is 43.2 Å². The van der Waals surface area contributed by atoms with E-state index in [1.165, 1.54) is 6.07 Å². The molecule has 218 valence electrons. The summed E-state index contributed by atoms with van der Waals surface area (Å²) in [7, 11) is 0. The number of aliphatic hydroxyl groups excluding tert-OH is 1. The lowest BCUT2D eigenvalue weighted by molar-refractivity contribution is -0.121. The van der Waals surface area contributed by atoms with E-state index in [1.54, 1.807) is 24.0 Å². The molecule has 0 radical (unpaired) electrons. The van der Waals surface area contributed by atoms with E-state index in [9.17, 15) is 28.3 Å². The van der Waals surface area contributed by atoms with Crippen LogP contribution in [0, 0.1) is 24.5 Å². The topological polar surface area (TPSA) is 98.7 Å². The number of aliphatic hydroxyl groups is 1. The van der Waals surface area contributed by atoms with Crippen LogP contribution < -0.4 is 10.6 Å². The van der Waals surface area contributed by atoms with Gasteiger partial charge in [-0.1, -0.05) is 13.8 Å². The summed E-state index contributed by atoms with van der Waals surface area (Å²) in [6.45, 7) is 7.21. The molecule has 0 spiro atoms. The molecule has 0 aromatic heterocycles. The van der Waals surface area contributed by atoms with Gasteiger partial charge in [0.25, 0.3) is 11.8 Å². The van der Waals surface area contributed by atoms with Crippen LogP contribution in [0.15, 0.2) is 36.4 Å². The van der Waals surface area contributed by atoms with Crippen LogP contribution in [0.3, 0.4) is 0 Å². The number of rotatable bonds is 15. The third kappa shape index (κ3) is 9.70. The first-order valence-electron chi connectivity index (χ1n) is 14.2. The van der Waals surface area contributed by atoms with Gasteiger partial charge < -0.3 is 20.6 Å². The monoisotopic (exact) mass is 557 g/mol. The fourth-order valence-corrected chi connectivity index (χ4v) is 4.81. The maximum absolute atomic E-state index is 13.9. The van der Waals surface area contributed by atoms with Crippen LogP contribution in [-0.2, 0) is 11.2 Å². The summed E-state index contributed by atoms with van der Waals surface area (Å²) in [5.41, 5.74) is 1.65. The van der Waals surface area contributed by atoms with Crippen LogP contribution in [0.1, 0.15) is 84.2 Å². The van der Waals surface area contributed by atoms with Crippen molar-refractivity contribution in [1.82, 2.24) is 15.5 Å². The molecule has 1 saturated carbocycles. The van der Waals surface area contributed by atoms with Crippen LogP contribution >= 0.6 is 0 Å². The highest BCUT2D eigenvalue weighted by molar-refractivity contribution is 6.00. The Morgan fingerprint density at radius 1 is 0.975 bits per heavy atom. The highest BCUT2D eigenvalue weighted by Crippen LogP contribution is 2.32. The fraction of sp³-hybridized carbons (Fsp3) is 0.516. The molecule has 3 N–H and O–H groups in total. The lowest BCUT2D eigenvalue weighted by atomic mass is 9.97. The number of amides is 3. The number of carbonyl (C=O) groups excluding carboxylic acids is 3. The number of nitrogens with zero attached hydrogens (tertiary/aromatic N) is 1. The molecule has 7 nitrogen and oxygen atoms in total. The maximum atomic E-state index is 13.9. The van der Waals surface area contributed by atoms with Crippen LogP contribution in [0.4, 0.5) is 8.78 Å². The summed E-state index contributed by atoms with van der Waals surface area (Å²) < 4.78 is 27.7. The molecule has 0 saturated heterocycles. The second kappa shape index (κ2) is 14.9. The average Bonchev–Trinajstić information content (AvgIpc) is 3.70. The van der Waals surface area contributed by atoms with Crippen LogP contribution in [0.5, 0.6) is 0 Å². The largest absolute Gasteiger partial charge is 0.391 e. The zero-order valence-corrected chi connectivity index (χ0v) is 23.6. The molecule has 0 aliphatic heterocycles. The van der Waals surface area contributed by atoms with Crippen molar-refractivity contribution < 1.29 is 28.3 Å². The summed E-state index contributed by atoms with van der Waals surface area (Å²) in [5.74, 6) is -1.84. The molecule has 3 amide bonds. The predicted molar refractivity (Wildman–Crippen MR) is 150 cm³/mol. The number of hydrogen-bond acceptors (Lipinski definition) is 4. The molecular formula is C31H41F2N3O4. The minimum absolute atomic E-state index is 0.0318. The van der Waals surface area contributed by atoms with Crippen molar-refractivity contribution in [3.8, 4) is 0 Å². The summed E-state index contributed by atoms with van der Waals surface area (Å²) >= 11 is 0. The van der Waals surface area contributed by atoms with Crippen LogP contribution in [-0.4, -0.2) is 59.5 Å². The van der Waals surface area contributed by atoms with Crippen molar-refractivity contribution in [3.05, 3.63) is 70.3 Å². The van der Waals surface area contributed by atoms with Gasteiger partial charge in [0.05, 0.1) is 12.1 Å². The lowest BCUT2D eigenvalue weighted by Gasteiger charge is -2.25. The molecule has 2 unspecified atom stereocenters. The Balaban J connectivity index is 1.77. The number of halogens is 2. The Kier molecular flexibility index (Phi) is 11.6. The normalized spacial score (nSPS) is 14.3. The highest BCUT2D eigenvalue weighted by Gasteiger charge is 2.26. The standard InChI is InChI=1S/C31H41F2N3O4/c1-4-10-36(11-5-2)31(40)24-13-20(3)12-23(18-24)30(39)35-27(16-22-14-25(32)19-26(33)15-22)28(37)8-9-34-29(38)17-21-6-7-21/h12-15,18-19,21,27-28,37H,4-11,16-17H2,1-3H3,(H,34,38)(H,35,39). The molecular weight excluding hydrogens is 516 g/mol. The number of hydrogen-bond donors (Lipinski definition) is 3. The SMILES string of the molecule is CCCN(CCC)C(=O)c1cc(C)cc(C(=O)NC(Cc2cc(F)cc(F)c2)C(O)CCNC(=O)CC2CC2)c1. The second-order valence-corrected chi connectivity index (χ2v) is 10.8. The smallest absolute Gasteiger partial charge is 0.253 e. The molecule has 0 heterocycles. The Morgan fingerprint density at radius 3 is 2.20 bits per heavy atom. The molecule has 1 aliphatic carbocycles. The molecule has 1 fully saturated rings. The number of carbonyl (C=O) groups is 3. The van der Waals surface area contributed by atoms with Gasteiger partial charge in [-0.15, -0.1) is 0 Å². The number of aryl methyl sites for hydroxylation is 1. The van der Waals surface area contributed by atoms with Gasteiger partial charge in [-0.05, 0) is 92.8 Å². The van der Waals surface area contributed by atoms with E-state index in [-0.39, 0.29) is 42.3 Å². The third-order valence-corrected chi connectivity index (χ3v) is 6.95. The molecule has 0 bridgehead atoms. The van der Waals surface area contributed by atoms with Crippen molar-refractivity contribution in [2.45, 2.75) is 77.9 Å². The van der Waals surface area contributed by atoms with Crippen molar-refractivity contribution in [3.63, 3.8) is 0 Å². The van der Waals surface area contributed by atoms with E-state index >= 15 is 0 Å². The van der Waals surface area contributed by atoms with Crippen molar-refractivity contribution in [2.75, 3.05) is 19.6 Å². The van der Waals surface area contributed by atoms with Gasteiger partial charge in [-0.3, -0.25) is 14.4 Å². The fourth-order valence-electron chi connectivity index (χ4n) is 4.81. The molecule has 9 heteroatoms. The first kappa shape index (κ1) is 31.2. The molecule has 40 heavy (non-hydrogen) atoms. The lowest BCUT2D eigenvalue weighted by Crippen LogP contribution is -2.46. The predicted octanol–water partition coefficient (Wildman–Crippen LogP) is 4.54. The maximum Gasteiger partial charge on any atom is 0.253 e. The van der Waals surface area contributed by atoms with E-state index in [0.717, 1.165) is 49.4 Å². The zero-order chi connectivity index (χ0) is 29.2. The summed E-state index contributed by atoms with van der Waals surface area (Å²) in [6.07, 6.45) is 3.19. The van der Waals surface area contributed by atoms with Gasteiger partial charge in [-0.2, -0.15) is 0 Å². The molecule has 2 aromatic carbocycles. The van der Waals surface area contributed by atoms with Crippen molar-refractivity contribution in [2.24, 2.45) is 5.92 Å². The molecule has 3 rings (SSSR count). The summed E-state index contributed by atoms with van der Waals surface area (Å²) in [4.78, 5) is 40.4.